The predicted molar refractivity (Wildman–Crippen MR) is 80.7 cm³/mol. The lowest BCUT2D eigenvalue weighted by Crippen LogP contribution is -2.15. The van der Waals surface area contributed by atoms with E-state index in [1.165, 1.54) is 6.07 Å². The number of nitrogens with one attached hydrogen (secondary N) is 1. The lowest BCUT2D eigenvalue weighted by molar-refractivity contribution is 0.598. The number of benzene rings is 2. The van der Waals surface area contributed by atoms with Crippen molar-refractivity contribution in [3.63, 3.8) is 0 Å². The zero-order chi connectivity index (χ0) is 14.8. The molecule has 0 heterocycles. The van der Waals surface area contributed by atoms with Crippen LogP contribution in [-0.4, -0.2) is 8.42 Å². The largest absolute Gasteiger partial charge is 0.399 e. The van der Waals surface area contributed by atoms with Gasteiger partial charge in [0.15, 0.2) is 0 Å². The van der Waals surface area contributed by atoms with Gasteiger partial charge in [-0.05, 0) is 36.2 Å². The Labute approximate surface area is 118 Å². The SMILES string of the molecule is Cc1c(N)cccc1CNc1ccccc1S(N)(=O)=O. The van der Waals surface area contributed by atoms with Gasteiger partial charge in [-0.2, -0.15) is 0 Å². The van der Waals surface area contributed by atoms with E-state index in [4.69, 9.17) is 10.9 Å². The van der Waals surface area contributed by atoms with E-state index in [0.717, 1.165) is 11.1 Å². The highest BCUT2D eigenvalue weighted by molar-refractivity contribution is 7.89. The van der Waals surface area contributed by atoms with E-state index in [1.54, 1.807) is 18.2 Å². The first-order chi connectivity index (χ1) is 9.39. The third-order valence-corrected chi connectivity index (χ3v) is 4.12. The summed E-state index contributed by atoms with van der Waals surface area (Å²) in [5.41, 5.74) is 9.03. The molecule has 0 saturated heterocycles. The Morgan fingerprint density at radius 1 is 1.10 bits per heavy atom. The molecule has 0 bridgehead atoms. The van der Waals surface area contributed by atoms with Gasteiger partial charge in [-0.1, -0.05) is 24.3 Å². The Kier molecular flexibility index (Phi) is 3.96. The molecule has 0 aliphatic carbocycles. The number of hydrogen-bond donors (Lipinski definition) is 3. The molecule has 2 aromatic carbocycles. The Morgan fingerprint density at radius 2 is 1.80 bits per heavy atom. The quantitative estimate of drug-likeness (QED) is 0.748. The molecular weight excluding hydrogens is 274 g/mol. The molecule has 5 nitrogen and oxygen atoms in total. The van der Waals surface area contributed by atoms with Crippen LogP contribution in [0.2, 0.25) is 0 Å². The van der Waals surface area contributed by atoms with Gasteiger partial charge in [0.05, 0.1) is 5.69 Å². The maximum Gasteiger partial charge on any atom is 0.240 e. The summed E-state index contributed by atoms with van der Waals surface area (Å²) >= 11 is 0. The molecule has 106 valence electrons. The number of para-hydroxylation sites is 1. The zero-order valence-corrected chi connectivity index (χ0v) is 11.9. The number of nitrogen functional groups attached to an aromatic ring is 1. The van der Waals surface area contributed by atoms with Crippen molar-refractivity contribution in [2.24, 2.45) is 5.14 Å². The highest BCUT2D eigenvalue weighted by Gasteiger charge is 2.13. The van der Waals surface area contributed by atoms with E-state index >= 15 is 0 Å². The van der Waals surface area contributed by atoms with Crippen LogP contribution in [0.15, 0.2) is 47.4 Å². The fraction of sp³-hybridized carbons (Fsp3) is 0.143. The van der Waals surface area contributed by atoms with Gasteiger partial charge in [0, 0.05) is 12.2 Å². The highest BCUT2D eigenvalue weighted by atomic mass is 32.2. The molecule has 0 amide bonds. The summed E-state index contributed by atoms with van der Waals surface area (Å²) in [6, 6.07) is 12.2. The topological polar surface area (TPSA) is 98.2 Å². The average Bonchev–Trinajstić information content (AvgIpc) is 2.40. The van der Waals surface area contributed by atoms with Crippen LogP contribution in [0, 0.1) is 6.92 Å². The first kappa shape index (κ1) is 14.4. The van der Waals surface area contributed by atoms with Crippen LogP contribution >= 0.6 is 0 Å². The number of nitrogens with two attached hydrogens (primary N) is 2. The van der Waals surface area contributed by atoms with Gasteiger partial charge in [-0.25, -0.2) is 13.6 Å². The lowest BCUT2D eigenvalue weighted by atomic mass is 10.1. The van der Waals surface area contributed by atoms with Crippen molar-refractivity contribution in [2.45, 2.75) is 18.4 Å². The lowest BCUT2D eigenvalue weighted by Gasteiger charge is -2.13. The summed E-state index contributed by atoms with van der Waals surface area (Å²) in [7, 11) is -3.74. The third-order valence-electron chi connectivity index (χ3n) is 3.15. The molecule has 6 heteroatoms. The molecule has 0 aliphatic rings. The molecule has 0 fully saturated rings. The maximum absolute atomic E-state index is 11.5. The summed E-state index contributed by atoms with van der Waals surface area (Å²) in [5.74, 6) is 0. The van der Waals surface area contributed by atoms with Crippen LogP contribution < -0.4 is 16.2 Å². The van der Waals surface area contributed by atoms with Crippen molar-refractivity contribution in [1.29, 1.82) is 0 Å². The van der Waals surface area contributed by atoms with Gasteiger partial charge >= 0.3 is 0 Å². The van der Waals surface area contributed by atoms with E-state index < -0.39 is 10.0 Å². The molecule has 0 saturated carbocycles. The van der Waals surface area contributed by atoms with Crippen LogP contribution in [0.5, 0.6) is 0 Å². The predicted octanol–water partition coefficient (Wildman–Crippen LogP) is 1.84. The monoisotopic (exact) mass is 291 g/mol. The van der Waals surface area contributed by atoms with Gasteiger partial charge in [0.2, 0.25) is 10.0 Å². The molecule has 0 radical (unpaired) electrons. The Bertz CT molecular complexity index is 727. The number of rotatable bonds is 4. The van der Waals surface area contributed by atoms with Gasteiger partial charge in [-0.15, -0.1) is 0 Å². The van der Waals surface area contributed by atoms with Crippen molar-refractivity contribution in [2.75, 3.05) is 11.1 Å². The summed E-state index contributed by atoms with van der Waals surface area (Å²) in [6.07, 6.45) is 0. The molecule has 0 spiro atoms. The Morgan fingerprint density at radius 3 is 2.50 bits per heavy atom. The number of anilines is 2. The third kappa shape index (κ3) is 3.09. The number of sulfonamides is 1. The van der Waals surface area contributed by atoms with Gasteiger partial charge in [-0.3, -0.25) is 0 Å². The summed E-state index contributed by atoms with van der Waals surface area (Å²) in [6.45, 7) is 2.40. The first-order valence-corrected chi connectivity index (χ1v) is 7.64. The van der Waals surface area contributed by atoms with E-state index in [0.29, 0.717) is 17.9 Å². The number of primary sulfonamides is 1. The minimum Gasteiger partial charge on any atom is -0.399 e. The summed E-state index contributed by atoms with van der Waals surface area (Å²) < 4.78 is 23.0. The van der Waals surface area contributed by atoms with Crippen LogP contribution in [0.1, 0.15) is 11.1 Å². The van der Waals surface area contributed by atoms with Crippen molar-refractivity contribution < 1.29 is 8.42 Å². The van der Waals surface area contributed by atoms with Crippen LogP contribution in [0.4, 0.5) is 11.4 Å². The smallest absolute Gasteiger partial charge is 0.240 e. The molecule has 5 N–H and O–H groups in total. The minimum absolute atomic E-state index is 0.0848. The highest BCUT2D eigenvalue weighted by Crippen LogP contribution is 2.22. The molecular formula is C14H17N3O2S. The van der Waals surface area contributed by atoms with Crippen molar-refractivity contribution in [3.8, 4) is 0 Å². The molecule has 0 atom stereocenters. The van der Waals surface area contributed by atoms with Gasteiger partial charge in [0.1, 0.15) is 4.90 Å². The normalized spacial score (nSPS) is 11.3. The summed E-state index contributed by atoms with van der Waals surface area (Å²) in [4.78, 5) is 0.0848. The second-order valence-electron chi connectivity index (χ2n) is 4.53. The minimum atomic E-state index is -3.74. The van der Waals surface area contributed by atoms with E-state index in [2.05, 4.69) is 5.32 Å². The van der Waals surface area contributed by atoms with E-state index in [9.17, 15) is 8.42 Å². The second kappa shape index (κ2) is 5.52. The van der Waals surface area contributed by atoms with Crippen LogP contribution in [0.3, 0.4) is 0 Å². The van der Waals surface area contributed by atoms with Gasteiger partial charge < -0.3 is 11.1 Å². The van der Waals surface area contributed by atoms with Gasteiger partial charge in [0.25, 0.3) is 0 Å². The van der Waals surface area contributed by atoms with Crippen molar-refractivity contribution >= 4 is 21.4 Å². The average molecular weight is 291 g/mol. The second-order valence-corrected chi connectivity index (χ2v) is 6.06. The molecule has 20 heavy (non-hydrogen) atoms. The fourth-order valence-electron chi connectivity index (χ4n) is 1.95. The first-order valence-electron chi connectivity index (χ1n) is 6.09. The van der Waals surface area contributed by atoms with Crippen molar-refractivity contribution in [1.82, 2.24) is 0 Å². The standard InChI is InChI=1S/C14H17N3O2S/c1-10-11(5-4-6-12(10)15)9-17-13-7-2-3-8-14(13)20(16,18)19/h2-8,17H,9,15H2,1H3,(H2,16,18,19). The summed E-state index contributed by atoms with van der Waals surface area (Å²) in [5, 5.41) is 8.28. The van der Waals surface area contributed by atoms with Crippen LogP contribution in [0.25, 0.3) is 0 Å². The molecule has 0 unspecified atom stereocenters. The Hall–Kier alpha value is -2.05. The molecule has 0 aliphatic heterocycles. The molecule has 2 aromatic rings. The van der Waals surface area contributed by atoms with Crippen molar-refractivity contribution in [3.05, 3.63) is 53.6 Å². The van der Waals surface area contributed by atoms with E-state index in [1.807, 2.05) is 25.1 Å². The number of hydrogen-bond acceptors (Lipinski definition) is 4. The maximum atomic E-state index is 11.5. The zero-order valence-electron chi connectivity index (χ0n) is 11.1. The molecule has 0 aromatic heterocycles. The fourth-order valence-corrected chi connectivity index (χ4v) is 2.66. The van der Waals surface area contributed by atoms with Crippen LogP contribution in [-0.2, 0) is 16.6 Å². The molecule has 2 rings (SSSR count). The Balaban J connectivity index is 2.26. The van der Waals surface area contributed by atoms with E-state index in [-0.39, 0.29) is 4.90 Å².